The molecule has 0 aliphatic carbocycles. The minimum absolute atomic E-state index is 0.0888. The predicted octanol–water partition coefficient (Wildman–Crippen LogP) is 1.31. The van der Waals surface area contributed by atoms with Gasteiger partial charge in [0.1, 0.15) is 4.90 Å². The van der Waals surface area contributed by atoms with Crippen molar-refractivity contribution in [2.75, 3.05) is 24.3 Å². The third-order valence-corrected chi connectivity index (χ3v) is 5.14. The van der Waals surface area contributed by atoms with Crippen molar-refractivity contribution in [2.45, 2.75) is 17.4 Å². The van der Waals surface area contributed by atoms with Crippen LogP contribution in [0.3, 0.4) is 0 Å². The molecular weight excluding hydrogens is 308 g/mol. The number of nitrogen functional groups attached to an aromatic ring is 1. The molecule has 0 bridgehead atoms. The molecule has 0 spiro atoms. The number of nitrogens with one attached hydrogen (secondary N) is 1. The van der Waals surface area contributed by atoms with E-state index >= 15 is 0 Å². The fraction of sp³-hybridized carbons (Fsp3) is 0.455. The molecule has 0 amide bonds. The Balaban J connectivity index is 2.90. The molecule has 0 saturated carbocycles. The van der Waals surface area contributed by atoms with E-state index in [1.807, 2.05) is 6.26 Å². The quantitative estimate of drug-likeness (QED) is 0.686. The van der Waals surface area contributed by atoms with Crippen LogP contribution in [0, 0.1) is 0 Å². The van der Waals surface area contributed by atoms with Gasteiger partial charge in [0.25, 0.3) is 0 Å². The Morgan fingerprint density at radius 3 is 2.74 bits per heavy atom. The van der Waals surface area contributed by atoms with Crippen molar-refractivity contribution in [3.05, 3.63) is 23.2 Å². The van der Waals surface area contributed by atoms with E-state index in [4.69, 9.17) is 17.3 Å². The Kier molecular flexibility index (Phi) is 5.52. The van der Waals surface area contributed by atoms with Crippen LogP contribution >= 0.6 is 23.4 Å². The van der Waals surface area contributed by atoms with E-state index in [1.165, 1.54) is 30.0 Å². The zero-order valence-electron chi connectivity index (χ0n) is 10.7. The summed E-state index contributed by atoms with van der Waals surface area (Å²) < 4.78 is 26.5. The maximum absolute atomic E-state index is 12.1. The van der Waals surface area contributed by atoms with Crippen molar-refractivity contribution in [1.82, 2.24) is 4.72 Å². The molecular formula is C11H17ClN2O3S2. The molecule has 1 rings (SSSR count). The third kappa shape index (κ3) is 4.85. The maximum Gasteiger partial charge on any atom is 0.242 e. The highest BCUT2D eigenvalue weighted by atomic mass is 35.5. The van der Waals surface area contributed by atoms with Crippen LogP contribution < -0.4 is 10.5 Å². The molecule has 1 aromatic rings. The highest BCUT2D eigenvalue weighted by Gasteiger charge is 2.25. The van der Waals surface area contributed by atoms with Gasteiger partial charge in [0.15, 0.2) is 0 Å². The van der Waals surface area contributed by atoms with E-state index in [0.717, 1.165) is 0 Å². The van der Waals surface area contributed by atoms with Crippen LogP contribution in [0.1, 0.15) is 6.92 Å². The molecule has 0 aliphatic heterocycles. The molecule has 0 radical (unpaired) electrons. The van der Waals surface area contributed by atoms with Gasteiger partial charge in [-0.3, -0.25) is 0 Å². The SMILES string of the molecule is CSCC(C)(O)CNS(=O)(=O)c1cc(N)ccc1Cl. The van der Waals surface area contributed by atoms with E-state index in [9.17, 15) is 13.5 Å². The summed E-state index contributed by atoms with van der Waals surface area (Å²) in [6.45, 7) is 1.47. The Labute approximate surface area is 122 Å². The number of sulfonamides is 1. The van der Waals surface area contributed by atoms with Crippen LogP contribution in [0.15, 0.2) is 23.1 Å². The maximum atomic E-state index is 12.1. The summed E-state index contributed by atoms with van der Waals surface area (Å²) in [5, 5.41) is 10.0. The first-order valence-electron chi connectivity index (χ1n) is 5.44. The van der Waals surface area contributed by atoms with E-state index < -0.39 is 15.6 Å². The lowest BCUT2D eigenvalue weighted by Crippen LogP contribution is -2.42. The Bertz CT molecular complexity index is 547. The summed E-state index contributed by atoms with van der Waals surface area (Å²) >= 11 is 7.28. The van der Waals surface area contributed by atoms with Crippen molar-refractivity contribution in [2.24, 2.45) is 0 Å². The number of aliphatic hydroxyl groups is 1. The second-order valence-electron chi connectivity index (χ2n) is 4.44. The molecule has 0 saturated heterocycles. The van der Waals surface area contributed by atoms with Crippen molar-refractivity contribution in [1.29, 1.82) is 0 Å². The van der Waals surface area contributed by atoms with Gasteiger partial charge in [-0.15, -0.1) is 0 Å². The van der Waals surface area contributed by atoms with Crippen molar-refractivity contribution < 1.29 is 13.5 Å². The standard InChI is InChI=1S/C11H17ClN2O3S2/c1-11(15,7-18-2)6-14-19(16,17)10-5-8(13)3-4-9(10)12/h3-5,14-15H,6-7,13H2,1-2H3. The van der Waals surface area contributed by atoms with Gasteiger partial charge in [-0.1, -0.05) is 11.6 Å². The molecule has 0 fully saturated rings. The van der Waals surface area contributed by atoms with Crippen LogP contribution in [-0.2, 0) is 10.0 Å². The fourth-order valence-electron chi connectivity index (χ4n) is 1.42. The molecule has 1 atom stereocenters. The first kappa shape index (κ1) is 16.6. The van der Waals surface area contributed by atoms with E-state index in [1.54, 1.807) is 6.92 Å². The molecule has 1 aromatic carbocycles. The molecule has 5 nitrogen and oxygen atoms in total. The number of benzene rings is 1. The predicted molar refractivity (Wildman–Crippen MR) is 80.1 cm³/mol. The topological polar surface area (TPSA) is 92.4 Å². The second kappa shape index (κ2) is 6.32. The molecule has 19 heavy (non-hydrogen) atoms. The number of nitrogens with two attached hydrogens (primary N) is 1. The number of rotatable bonds is 6. The molecule has 8 heteroatoms. The van der Waals surface area contributed by atoms with E-state index in [0.29, 0.717) is 11.4 Å². The van der Waals surface area contributed by atoms with Crippen LogP contribution in [0.4, 0.5) is 5.69 Å². The van der Waals surface area contributed by atoms with Crippen molar-refractivity contribution in [3.63, 3.8) is 0 Å². The Hall–Kier alpha value is -0.470. The highest BCUT2D eigenvalue weighted by Crippen LogP contribution is 2.23. The lowest BCUT2D eigenvalue weighted by atomic mass is 10.1. The molecule has 108 valence electrons. The van der Waals surface area contributed by atoms with Crippen LogP contribution in [0.2, 0.25) is 5.02 Å². The molecule has 0 heterocycles. The Morgan fingerprint density at radius 1 is 1.53 bits per heavy atom. The van der Waals surface area contributed by atoms with Gasteiger partial charge in [-0.2, -0.15) is 11.8 Å². The van der Waals surface area contributed by atoms with Crippen LogP contribution in [-0.4, -0.2) is 37.7 Å². The normalized spacial score (nSPS) is 15.2. The second-order valence-corrected chi connectivity index (χ2v) is 7.45. The van der Waals surface area contributed by atoms with Gasteiger partial charge in [-0.25, -0.2) is 13.1 Å². The van der Waals surface area contributed by atoms with Gasteiger partial charge in [0, 0.05) is 18.0 Å². The lowest BCUT2D eigenvalue weighted by molar-refractivity contribution is 0.0908. The summed E-state index contributed by atoms with van der Waals surface area (Å²) in [5.74, 6) is 0.417. The average molecular weight is 325 g/mol. The van der Waals surface area contributed by atoms with Crippen molar-refractivity contribution >= 4 is 39.1 Å². The number of anilines is 1. The minimum atomic E-state index is -3.80. The summed E-state index contributed by atoms with van der Waals surface area (Å²) in [7, 11) is -3.80. The van der Waals surface area contributed by atoms with Crippen molar-refractivity contribution in [3.8, 4) is 0 Å². The zero-order chi connectivity index (χ0) is 14.7. The summed E-state index contributed by atoms with van der Waals surface area (Å²) in [6, 6.07) is 4.23. The van der Waals surface area contributed by atoms with E-state index in [2.05, 4.69) is 4.72 Å². The lowest BCUT2D eigenvalue weighted by Gasteiger charge is -2.22. The number of thioether (sulfide) groups is 1. The first-order valence-corrected chi connectivity index (χ1v) is 8.69. The van der Waals surface area contributed by atoms with Crippen LogP contribution in [0.5, 0.6) is 0 Å². The molecule has 0 aliphatic rings. The minimum Gasteiger partial charge on any atom is -0.399 e. The third-order valence-electron chi connectivity index (χ3n) is 2.34. The van der Waals surface area contributed by atoms with Gasteiger partial charge in [0.2, 0.25) is 10.0 Å². The molecule has 1 unspecified atom stereocenters. The zero-order valence-corrected chi connectivity index (χ0v) is 13.1. The summed E-state index contributed by atoms with van der Waals surface area (Å²) in [5.41, 5.74) is 4.73. The number of hydrogen-bond acceptors (Lipinski definition) is 5. The van der Waals surface area contributed by atoms with Gasteiger partial charge in [-0.05, 0) is 31.4 Å². The Morgan fingerprint density at radius 2 is 2.16 bits per heavy atom. The van der Waals surface area contributed by atoms with Crippen LogP contribution in [0.25, 0.3) is 0 Å². The number of hydrogen-bond donors (Lipinski definition) is 3. The summed E-state index contributed by atoms with van der Waals surface area (Å²) in [6.07, 6.45) is 1.83. The monoisotopic (exact) mass is 324 g/mol. The fourth-order valence-corrected chi connectivity index (χ4v) is 3.83. The molecule has 0 aromatic heterocycles. The van der Waals surface area contributed by atoms with Gasteiger partial charge < -0.3 is 10.8 Å². The first-order chi connectivity index (χ1) is 8.68. The smallest absolute Gasteiger partial charge is 0.242 e. The molecule has 4 N–H and O–H groups in total. The van der Waals surface area contributed by atoms with Gasteiger partial charge in [0.05, 0.1) is 10.6 Å². The highest BCUT2D eigenvalue weighted by molar-refractivity contribution is 7.98. The van der Waals surface area contributed by atoms with Gasteiger partial charge >= 0.3 is 0 Å². The number of halogens is 1. The van der Waals surface area contributed by atoms with E-state index in [-0.39, 0.29) is 16.5 Å². The summed E-state index contributed by atoms with van der Waals surface area (Å²) in [4.78, 5) is -0.0888. The average Bonchev–Trinajstić information content (AvgIpc) is 2.30. The largest absolute Gasteiger partial charge is 0.399 e.